The van der Waals surface area contributed by atoms with Gasteiger partial charge >= 0.3 is 0 Å². The summed E-state index contributed by atoms with van der Waals surface area (Å²) in [7, 11) is 0. The lowest BCUT2D eigenvalue weighted by Gasteiger charge is -2.29. The molecule has 0 aliphatic rings. The maximum atomic E-state index is 6.20. The number of alkyl halides is 1. The van der Waals surface area contributed by atoms with Crippen LogP contribution in [0.2, 0.25) is 10.0 Å². The van der Waals surface area contributed by atoms with Crippen molar-refractivity contribution >= 4 is 39.1 Å². The molecule has 96 valence electrons. The number of hydrogen-bond acceptors (Lipinski definition) is 0. The SMILES string of the molecule is CC(CC(Br)c1cc(Cl)ccc1Cl)C(C)(C)C. The highest BCUT2D eigenvalue weighted by atomic mass is 79.9. The van der Waals surface area contributed by atoms with Crippen LogP contribution >= 0.6 is 39.1 Å². The monoisotopic (exact) mass is 336 g/mol. The van der Waals surface area contributed by atoms with Crippen molar-refractivity contribution in [2.24, 2.45) is 11.3 Å². The van der Waals surface area contributed by atoms with E-state index in [1.54, 1.807) is 0 Å². The van der Waals surface area contributed by atoms with Gasteiger partial charge in [0.05, 0.1) is 0 Å². The van der Waals surface area contributed by atoms with Crippen LogP contribution in [0.1, 0.15) is 44.5 Å². The first-order valence-corrected chi connectivity index (χ1v) is 7.48. The summed E-state index contributed by atoms with van der Waals surface area (Å²) in [5.74, 6) is 0.599. The summed E-state index contributed by atoms with van der Waals surface area (Å²) in [6.45, 7) is 9.05. The van der Waals surface area contributed by atoms with E-state index < -0.39 is 0 Å². The molecule has 0 aromatic heterocycles. The van der Waals surface area contributed by atoms with Crippen molar-refractivity contribution < 1.29 is 0 Å². The van der Waals surface area contributed by atoms with Crippen LogP contribution in [0.5, 0.6) is 0 Å². The van der Waals surface area contributed by atoms with Gasteiger partial charge < -0.3 is 0 Å². The molecule has 0 heterocycles. The molecule has 1 aromatic carbocycles. The number of rotatable bonds is 3. The van der Waals surface area contributed by atoms with E-state index in [1.165, 1.54) is 0 Å². The Balaban J connectivity index is 2.83. The van der Waals surface area contributed by atoms with Crippen molar-refractivity contribution in [1.82, 2.24) is 0 Å². The molecule has 0 aliphatic carbocycles. The molecule has 17 heavy (non-hydrogen) atoms. The quantitative estimate of drug-likeness (QED) is 0.552. The second-order valence-corrected chi connectivity index (χ2v) is 7.59. The Morgan fingerprint density at radius 3 is 2.35 bits per heavy atom. The zero-order valence-electron chi connectivity index (χ0n) is 10.7. The molecule has 2 atom stereocenters. The number of halogens is 3. The van der Waals surface area contributed by atoms with Crippen LogP contribution in [-0.2, 0) is 0 Å². The zero-order chi connectivity index (χ0) is 13.2. The highest BCUT2D eigenvalue weighted by Gasteiger charge is 2.24. The van der Waals surface area contributed by atoms with Crippen molar-refractivity contribution in [3.8, 4) is 0 Å². The van der Waals surface area contributed by atoms with Gasteiger partial charge in [0, 0.05) is 14.9 Å². The zero-order valence-corrected chi connectivity index (χ0v) is 13.8. The molecule has 0 saturated carbocycles. The molecule has 0 nitrogen and oxygen atoms in total. The van der Waals surface area contributed by atoms with Gasteiger partial charge in [-0.25, -0.2) is 0 Å². The van der Waals surface area contributed by atoms with Crippen molar-refractivity contribution in [2.45, 2.75) is 38.9 Å². The van der Waals surface area contributed by atoms with Crippen LogP contribution in [0.25, 0.3) is 0 Å². The molecule has 1 rings (SSSR count). The number of hydrogen-bond donors (Lipinski definition) is 0. The first-order valence-electron chi connectivity index (χ1n) is 5.81. The van der Waals surface area contributed by atoms with Gasteiger partial charge in [-0.1, -0.05) is 66.8 Å². The summed E-state index contributed by atoms with van der Waals surface area (Å²) < 4.78 is 0. The van der Waals surface area contributed by atoms with Crippen molar-refractivity contribution in [3.05, 3.63) is 33.8 Å². The maximum Gasteiger partial charge on any atom is 0.0450 e. The Bertz CT molecular complexity index is 382. The Morgan fingerprint density at radius 2 is 1.82 bits per heavy atom. The first-order chi connectivity index (χ1) is 7.71. The molecule has 0 saturated heterocycles. The molecule has 0 amide bonds. The predicted octanol–water partition coefficient (Wildman–Crippen LogP) is 6.50. The van der Waals surface area contributed by atoms with Gasteiger partial charge in [-0.05, 0) is 41.5 Å². The van der Waals surface area contributed by atoms with Crippen LogP contribution in [-0.4, -0.2) is 0 Å². The molecule has 0 radical (unpaired) electrons. The van der Waals surface area contributed by atoms with Crippen LogP contribution in [0.3, 0.4) is 0 Å². The topological polar surface area (TPSA) is 0 Å². The molecule has 1 aromatic rings. The standard InChI is InChI=1S/C14H19BrCl2/c1-9(14(2,3)4)7-12(15)11-8-10(16)5-6-13(11)17/h5-6,8-9,12H,7H2,1-4H3. The third-order valence-electron chi connectivity index (χ3n) is 3.33. The maximum absolute atomic E-state index is 6.20. The van der Waals surface area contributed by atoms with Gasteiger partial charge in [-0.15, -0.1) is 0 Å². The Morgan fingerprint density at radius 1 is 1.24 bits per heavy atom. The fourth-order valence-electron chi connectivity index (χ4n) is 1.55. The van der Waals surface area contributed by atoms with E-state index in [4.69, 9.17) is 23.2 Å². The first kappa shape index (κ1) is 15.3. The Labute approximate surface area is 123 Å². The van der Waals surface area contributed by atoms with E-state index in [1.807, 2.05) is 18.2 Å². The van der Waals surface area contributed by atoms with Gasteiger partial charge in [-0.2, -0.15) is 0 Å². The van der Waals surface area contributed by atoms with Crippen LogP contribution < -0.4 is 0 Å². The van der Waals surface area contributed by atoms with Gasteiger partial charge in [0.25, 0.3) is 0 Å². The van der Waals surface area contributed by atoms with Crippen LogP contribution in [0, 0.1) is 11.3 Å². The van der Waals surface area contributed by atoms with E-state index >= 15 is 0 Å². The minimum atomic E-state index is 0.253. The molecule has 2 unspecified atom stereocenters. The second kappa shape index (κ2) is 5.95. The van der Waals surface area contributed by atoms with Crippen molar-refractivity contribution in [2.75, 3.05) is 0 Å². The highest BCUT2D eigenvalue weighted by Crippen LogP contribution is 2.40. The van der Waals surface area contributed by atoms with Gasteiger partial charge in [-0.3, -0.25) is 0 Å². The Hall–Kier alpha value is 0.280. The van der Waals surface area contributed by atoms with E-state index in [2.05, 4.69) is 43.6 Å². The average molecular weight is 338 g/mol. The molecule has 0 aliphatic heterocycles. The molecular weight excluding hydrogens is 319 g/mol. The summed E-state index contributed by atoms with van der Waals surface area (Å²) in [5, 5.41) is 1.51. The second-order valence-electron chi connectivity index (χ2n) is 5.64. The van der Waals surface area contributed by atoms with E-state index in [9.17, 15) is 0 Å². The molecule has 0 spiro atoms. The molecular formula is C14H19BrCl2. The Kier molecular flexibility index (Phi) is 5.37. The molecule has 0 fully saturated rings. The summed E-state index contributed by atoms with van der Waals surface area (Å²) in [6, 6.07) is 5.62. The fourth-order valence-corrected chi connectivity index (χ4v) is 3.05. The smallest absolute Gasteiger partial charge is 0.0450 e. The normalized spacial score (nSPS) is 15.7. The fraction of sp³-hybridized carbons (Fsp3) is 0.571. The average Bonchev–Trinajstić information content (AvgIpc) is 2.20. The third-order valence-corrected chi connectivity index (χ3v) is 4.78. The number of benzene rings is 1. The van der Waals surface area contributed by atoms with Gasteiger partial charge in [0.1, 0.15) is 0 Å². The lowest BCUT2D eigenvalue weighted by molar-refractivity contribution is 0.246. The largest absolute Gasteiger partial charge is 0.0843 e. The lowest BCUT2D eigenvalue weighted by atomic mass is 9.79. The lowest BCUT2D eigenvalue weighted by Crippen LogP contribution is -2.18. The summed E-state index contributed by atoms with van der Waals surface area (Å²) in [4.78, 5) is 0.253. The molecule has 3 heteroatoms. The van der Waals surface area contributed by atoms with Gasteiger partial charge in [0.2, 0.25) is 0 Å². The van der Waals surface area contributed by atoms with Gasteiger partial charge in [0.15, 0.2) is 0 Å². The predicted molar refractivity (Wildman–Crippen MR) is 81.4 cm³/mol. The van der Waals surface area contributed by atoms with Crippen molar-refractivity contribution in [3.63, 3.8) is 0 Å². The molecule has 0 N–H and O–H groups in total. The van der Waals surface area contributed by atoms with E-state index in [0.717, 1.165) is 22.0 Å². The summed E-state index contributed by atoms with van der Waals surface area (Å²) >= 11 is 15.9. The van der Waals surface area contributed by atoms with E-state index in [0.29, 0.717) is 11.3 Å². The van der Waals surface area contributed by atoms with Crippen LogP contribution in [0.15, 0.2) is 18.2 Å². The van der Waals surface area contributed by atoms with Crippen LogP contribution in [0.4, 0.5) is 0 Å². The minimum Gasteiger partial charge on any atom is -0.0843 e. The molecule has 0 bridgehead atoms. The highest BCUT2D eigenvalue weighted by molar-refractivity contribution is 9.09. The van der Waals surface area contributed by atoms with E-state index in [-0.39, 0.29) is 4.83 Å². The summed E-state index contributed by atoms with van der Waals surface area (Å²) in [5.41, 5.74) is 1.38. The summed E-state index contributed by atoms with van der Waals surface area (Å²) in [6.07, 6.45) is 1.05. The third kappa shape index (κ3) is 4.46. The minimum absolute atomic E-state index is 0.253. The van der Waals surface area contributed by atoms with Crippen molar-refractivity contribution in [1.29, 1.82) is 0 Å².